The van der Waals surface area contributed by atoms with Crippen LogP contribution in [0.25, 0.3) is 0 Å². The Hall–Kier alpha value is -3.03. The predicted molar refractivity (Wildman–Crippen MR) is 95.5 cm³/mol. The molecule has 142 valence electrons. The number of nitrogens with one attached hydrogen (secondary N) is 3. The first-order valence-electron chi connectivity index (χ1n) is 8.44. The van der Waals surface area contributed by atoms with E-state index in [2.05, 4.69) is 16.0 Å². The molecule has 1 saturated carbocycles. The van der Waals surface area contributed by atoms with Gasteiger partial charge in [0, 0.05) is 11.7 Å². The lowest BCUT2D eigenvalue weighted by Crippen LogP contribution is -2.28. The molecule has 0 bridgehead atoms. The molecule has 0 atom stereocenters. The van der Waals surface area contributed by atoms with Crippen molar-refractivity contribution in [2.75, 3.05) is 17.2 Å². The molecule has 1 aliphatic rings. The highest BCUT2D eigenvalue weighted by molar-refractivity contribution is 6.04. The van der Waals surface area contributed by atoms with Crippen LogP contribution in [0.15, 0.2) is 48.5 Å². The lowest BCUT2D eigenvalue weighted by atomic mass is 10.1. The van der Waals surface area contributed by atoms with Crippen molar-refractivity contribution in [2.45, 2.75) is 25.1 Å². The minimum Gasteiger partial charge on any atom is -0.376 e. The predicted octanol–water partition coefficient (Wildman–Crippen LogP) is 3.65. The molecule has 3 rings (SSSR count). The van der Waals surface area contributed by atoms with Gasteiger partial charge >= 0.3 is 6.18 Å². The molecule has 0 aromatic heterocycles. The van der Waals surface area contributed by atoms with Crippen LogP contribution in [0, 0.1) is 0 Å². The van der Waals surface area contributed by atoms with E-state index in [-0.39, 0.29) is 24.2 Å². The van der Waals surface area contributed by atoms with Gasteiger partial charge in [-0.3, -0.25) is 9.59 Å². The third kappa shape index (κ3) is 5.22. The summed E-state index contributed by atoms with van der Waals surface area (Å²) in [6.45, 7) is -0.236. The first-order valence-corrected chi connectivity index (χ1v) is 8.44. The number of alkyl halides is 3. The van der Waals surface area contributed by atoms with Gasteiger partial charge in [-0.05, 0) is 43.2 Å². The van der Waals surface area contributed by atoms with Gasteiger partial charge in [-0.15, -0.1) is 0 Å². The van der Waals surface area contributed by atoms with Crippen LogP contribution >= 0.6 is 0 Å². The maximum absolute atomic E-state index is 12.7. The zero-order valence-corrected chi connectivity index (χ0v) is 14.3. The lowest BCUT2D eigenvalue weighted by Gasteiger charge is -2.13. The van der Waals surface area contributed by atoms with E-state index >= 15 is 0 Å². The summed E-state index contributed by atoms with van der Waals surface area (Å²) < 4.78 is 38.2. The second kappa shape index (κ2) is 7.69. The van der Waals surface area contributed by atoms with E-state index in [0.717, 1.165) is 25.0 Å². The molecule has 2 aromatic carbocycles. The SMILES string of the molecule is O=C(CNc1cccc(C(F)(F)F)c1)Nc1ccccc1C(=O)NC1CC1. The van der Waals surface area contributed by atoms with Gasteiger partial charge < -0.3 is 16.0 Å². The van der Waals surface area contributed by atoms with E-state index < -0.39 is 17.6 Å². The summed E-state index contributed by atoms with van der Waals surface area (Å²) in [5.41, 5.74) is 0.0815. The summed E-state index contributed by atoms with van der Waals surface area (Å²) in [6.07, 6.45) is -2.56. The molecule has 0 saturated heterocycles. The van der Waals surface area contributed by atoms with Crippen LogP contribution in [-0.2, 0) is 11.0 Å². The lowest BCUT2D eigenvalue weighted by molar-refractivity contribution is -0.137. The quantitative estimate of drug-likeness (QED) is 0.720. The maximum atomic E-state index is 12.7. The Labute approximate surface area is 154 Å². The molecule has 5 nitrogen and oxygen atoms in total. The standard InChI is InChI=1S/C19H18F3N3O2/c20-19(21,22)12-4-3-5-14(10-12)23-11-17(26)25-16-7-2-1-6-15(16)18(27)24-13-8-9-13/h1-7,10,13,23H,8-9,11H2,(H,24,27)(H,25,26). The zero-order chi connectivity index (χ0) is 19.4. The number of halogens is 3. The molecule has 1 fully saturated rings. The fourth-order valence-corrected chi connectivity index (χ4v) is 2.46. The van der Waals surface area contributed by atoms with Gasteiger partial charge in [-0.1, -0.05) is 18.2 Å². The molecule has 1 aliphatic carbocycles. The Bertz CT molecular complexity index is 848. The topological polar surface area (TPSA) is 70.2 Å². The van der Waals surface area contributed by atoms with Crippen molar-refractivity contribution < 1.29 is 22.8 Å². The third-order valence-electron chi connectivity index (χ3n) is 4.00. The monoisotopic (exact) mass is 377 g/mol. The van der Waals surface area contributed by atoms with E-state index in [4.69, 9.17) is 0 Å². The van der Waals surface area contributed by atoms with Crippen LogP contribution in [0.3, 0.4) is 0 Å². The molecule has 2 aromatic rings. The van der Waals surface area contributed by atoms with Gasteiger partial charge in [0.05, 0.1) is 23.4 Å². The summed E-state index contributed by atoms with van der Waals surface area (Å²) in [5.74, 6) is -0.738. The van der Waals surface area contributed by atoms with Crippen molar-refractivity contribution in [1.29, 1.82) is 0 Å². The van der Waals surface area contributed by atoms with E-state index in [0.29, 0.717) is 11.3 Å². The first-order chi connectivity index (χ1) is 12.8. The number of carbonyl (C=O) groups is 2. The van der Waals surface area contributed by atoms with Crippen LogP contribution in [-0.4, -0.2) is 24.4 Å². The molecule has 27 heavy (non-hydrogen) atoms. The molecule has 0 spiro atoms. The largest absolute Gasteiger partial charge is 0.416 e. The van der Waals surface area contributed by atoms with Gasteiger partial charge in [0.25, 0.3) is 5.91 Å². The van der Waals surface area contributed by atoms with Gasteiger partial charge in [0.2, 0.25) is 5.91 Å². The third-order valence-corrected chi connectivity index (χ3v) is 4.00. The van der Waals surface area contributed by atoms with Crippen molar-refractivity contribution >= 4 is 23.2 Å². The number of amides is 2. The maximum Gasteiger partial charge on any atom is 0.416 e. The van der Waals surface area contributed by atoms with Crippen molar-refractivity contribution in [3.8, 4) is 0 Å². The molecule has 0 unspecified atom stereocenters. The highest BCUT2D eigenvalue weighted by atomic mass is 19.4. The molecule has 8 heteroatoms. The summed E-state index contributed by atoms with van der Waals surface area (Å²) in [7, 11) is 0. The minimum absolute atomic E-state index is 0.180. The summed E-state index contributed by atoms with van der Waals surface area (Å²) in [4.78, 5) is 24.4. The number of carbonyl (C=O) groups excluding carboxylic acids is 2. The van der Waals surface area contributed by atoms with Gasteiger partial charge in [0.15, 0.2) is 0 Å². The zero-order valence-electron chi connectivity index (χ0n) is 14.3. The smallest absolute Gasteiger partial charge is 0.376 e. The summed E-state index contributed by atoms with van der Waals surface area (Å²) in [5, 5.41) is 8.12. The number of hydrogen-bond acceptors (Lipinski definition) is 3. The van der Waals surface area contributed by atoms with E-state index in [1.165, 1.54) is 12.1 Å². The Morgan fingerprint density at radius 3 is 2.48 bits per heavy atom. The van der Waals surface area contributed by atoms with Crippen LogP contribution in [0.2, 0.25) is 0 Å². The normalized spacial score (nSPS) is 13.7. The minimum atomic E-state index is -4.45. The molecular formula is C19H18F3N3O2. The van der Waals surface area contributed by atoms with Crippen LogP contribution in [0.1, 0.15) is 28.8 Å². The van der Waals surface area contributed by atoms with E-state index in [1.54, 1.807) is 24.3 Å². The Kier molecular flexibility index (Phi) is 5.34. The molecule has 0 radical (unpaired) electrons. The highest BCUT2D eigenvalue weighted by Crippen LogP contribution is 2.30. The number of benzene rings is 2. The molecule has 0 heterocycles. The van der Waals surface area contributed by atoms with Crippen molar-refractivity contribution in [2.24, 2.45) is 0 Å². The van der Waals surface area contributed by atoms with E-state index in [9.17, 15) is 22.8 Å². The summed E-state index contributed by atoms with van der Waals surface area (Å²) >= 11 is 0. The molecule has 3 N–H and O–H groups in total. The summed E-state index contributed by atoms with van der Waals surface area (Å²) in [6, 6.07) is 11.4. The first kappa shape index (κ1) is 18.8. The molecule has 0 aliphatic heterocycles. The van der Waals surface area contributed by atoms with Gasteiger partial charge in [0.1, 0.15) is 0 Å². The highest BCUT2D eigenvalue weighted by Gasteiger charge is 2.30. The van der Waals surface area contributed by atoms with Crippen LogP contribution in [0.4, 0.5) is 24.5 Å². The average molecular weight is 377 g/mol. The average Bonchev–Trinajstić information content (AvgIpc) is 3.44. The molecule has 2 amide bonds. The fraction of sp³-hybridized carbons (Fsp3) is 0.263. The second-order valence-corrected chi connectivity index (χ2v) is 6.27. The number of anilines is 2. The number of para-hydroxylation sites is 1. The Balaban J connectivity index is 1.61. The van der Waals surface area contributed by atoms with Crippen molar-refractivity contribution in [1.82, 2.24) is 5.32 Å². The number of rotatable bonds is 6. The molecular weight excluding hydrogens is 359 g/mol. The van der Waals surface area contributed by atoms with Gasteiger partial charge in [-0.2, -0.15) is 13.2 Å². The van der Waals surface area contributed by atoms with Crippen LogP contribution < -0.4 is 16.0 Å². The Morgan fingerprint density at radius 2 is 1.78 bits per heavy atom. The van der Waals surface area contributed by atoms with Crippen LogP contribution in [0.5, 0.6) is 0 Å². The fourth-order valence-electron chi connectivity index (χ4n) is 2.46. The van der Waals surface area contributed by atoms with Crippen molar-refractivity contribution in [3.05, 3.63) is 59.7 Å². The Morgan fingerprint density at radius 1 is 1.04 bits per heavy atom. The second-order valence-electron chi connectivity index (χ2n) is 6.27. The van der Waals surface area contributed by atoms with E-state index in [1.807, 2.05) is 0 Å². The number of hydrogen-bond donors (Lipinski definition) is 3. The van der Waals surface area contributed by atoms with Crippen molar-refractivity contribution in [3.63, 3.8) is 0 Å². The van der Waals surface area contributed by atoms with Gasteiger partial charge in [-0.25, -0.2) is 0 Å².